The van der Waals surface area contributed by atoms with Crippen molar-refractivity contribution in [3.63, 3.8) is 0 Å². The summed E-state index contributed by atoms with van der Waals surface area (Å²) in [6.45, 7) is 7.26. The molecule has 1 spiro atoms. The number of esters is 1. The van der Waals surface area contributed by atoms with Crippen LogP contribution in [-0.2, 0) is 23.8 Å². The summed E-state index contributed by atoms with van der Waals surface area (Å²) in [5, 5.41) is 8.54. The van der Waals surface area contributed by atoms with Crippen molar-refractivity contribution >= 4 is 11.9 Å². The lowest BCUT2D eigenvalue weighted by Gasteiger charge is -2.57. The number of carboxylic acid groups (broad SMARTS) is 1. The molecule has 3 unspecified atom stereocenters. The van der Waals surface area contributed by atoms with Crippen molar-refractivity contribution in [1.29, 1.82) is 0 Å². The average Bonchev–Trinajstić information content (AvgIpc) is 3.43. The zero-order valence-corrected chi connectivity index (χ0v) is 17.1. The third-order valence-corrected chi connectivity index (χ3v) is 7.59. The number of hydrogen-bond donors (Lipinski definition) is 1. The van der Waals surface area contributed by atoms with Crippen LogP contribution in [0, 0.1) is 10.8 Å². The van der Waals surface area contributed by atoms with E-state index >= 15 is 0 Å². The van der Waals surface area contributed by atoms with Gasteiger partial charge in [0.25, 0.3) is 0 Å². The van der Waals surface area contributed by atoms with E-state index in [1.54, 1.807) is 18.2 Å². The Morgan fingerprint density at radius 1 is 1.21 bits per heavy atom. The quantitative estimate of drug-likeness (QED) is 0.250. The van der Waals surface area contributed by atoms with Crippen molar-refractivity contribution in [2.24, 2.45) is 10.8 Å². The first-order chi connectivity index (χ1) is 13.7. The summed E-state index contributed by atoms with van der Waals surface area (Å²) in [5.74, 6) is -1.43. The number of fused-ring (bicyclic) bond motifs is 2. The molecular formula is C23H28O6. The van der Waals surface area contributed by atoms with Crippen molar-refractivity contribution in [2.45, 2.75) is 63.9 Å². The van der Waals surface area contributed by atoms with Crippen LogP contribution in [-0.4, -0.2) is 47.6 Å². The number of carboxylic acids is 1. The molecule has 6 heteroatoms. The lowest BCUT2D eigenvalue weighted by molar-refractivity contribution is -0.209. The molecule has 0 aromatic rings. The van der Waals surface area contributed by atoms with Gasteiger partial charge in [-0.2, -0.15) is 0 Å². The predicted octanol–water partition coefficient (Wildman–Crippen LogP) is 3.34. The van der Waals surface area contributed by atoms with Gasteiger partial charge in [-0.25, -0.2) is 9.59 Å². The monoisotopic (exact) mass is 400 g/mol. The van der Waals surface area contributed by atoms with Crippen molar-refractivity contribution in [2.75, 3.05) is 6.61 Å². The molecule has 4 aliphatic rings. The Morgan fingerprint density at radius 2 is 1.90 bits per heavy atom. The van der Waals surface area contributed by atoms with Gasteiger partial charge in [0, 0.05) is 29.4 Å². The van der Waals surface area contributed by atoms with E-state index in [9.17, 15) is 9.59 Å². The van der Waals surface area contributed by atoms with Gasteiger partial charge in [0.2, 0.25) is 0 Å². The summed E-state index contributed by atoms with van der Waals surface area (Å²) in [6.07, 6.45) is 13.0. The fourth-order valence-corrected chi connectivity index (χ4v) is 5.60. The Balaban J connectivity index is 1.51. The normalized spacial score (nSPS) is 43.1. The first-order valence-electron chi connectivity index (χ1n) is 10.1. The summed E-state index contributed by atoms with van der Waals surface area (Å²) in [5.41, 5.74) is 0.525. The zero-order valence-electron chi connectivity index (χ0n) is 17.1. The molecular weight excluding hydrogens is 372 g/mol. The minimum Gasteiger partial charge on any atom is -0.478 e. The molecule has 2 aliphatic carbocycles. The van der Waals surface area contributed by atoms with E-state index < -0.39 is 11.9 Å². The third-order valence-electron chi connectivity index (χ3n) is 7.59. The van der Waals surface area contributed by atoms with Crippen LogP contribution in [0.5, 0.6) is 0 Å². The molecule has 4 rings (SSSR count). The summed E-state index contributed by atoms with van der Waals surface area (Å²) >= 11 is 0. The molecule has 6 nitrogen and oxygen atoms in total. The Labute approximate surface area is 170 Å². The molecule has 0 aromatic heterocycles. The van der Waals surface area contributed by atoms with Crippen LogP contribution in [0.15, 0.2) is 48.1 Å². The number of ether oxygens (including phenoxy) is 3. The first-order valence-corrected chi connectivity index (χ1v) is 10.1. The third kappa shape index (κ3) is 3.01. The second-order valence-electron chi connectivity index (χ2n) is 8.96. The van der Waals surface area contributed by atoms with E-state index in [2.05, 4.69) is 26.8 Å². The van der Waals surface area contributed by atoms with Crippen molar-refractivity contribution in [3.8, 4) is 0 Å². The Kier molecular flexibility index (Phi) is 4.82. The summed E-state index contributed by atoms with van der Waals surface area (Å²) in [6, 6.07) is 0. The SMILES string of the molecule is CC1=CC2OC3C[C@@H](OC(=O)\C=C/C=C/C=C/C(=O)O)[C@@](C)(C34CO4)[C@@]2(C)CC1. The Morgan fingerprint density at radius 3 is 2.55 bits per heavy atom. The highest BCUT2D eigenvalue weighted by molar-refractivity contribution is 5.82. The number of carbonyl (C=O) groups is 2. The van der Waals surface area contributed by atoms with Crippen LogP contribution >= 0.6 is 0 Å². The second-order valence-corrected chi connectivity index (χ2v) is 8.96. The molecule has 1 N–H and O–H groups in total. The van der Waals surface area contributed by atoms with Gasteiger partial charge in [-0.15, -0.1) is 0 Å². The van der Waals surface area contributed by atoms with Crippen molar-refractivity contribution in [1.82, 2.24) is 0 Å². The predicted molar refractivity (Wildman–Crippen MR) is 106 cm³/mol. The van der Waals surface area contributed by atoms with Crippen LogP contribution in [0.1, 0.15) is 40.0 Å². The van der Waals surface area contributed by atoms with Gasteiger partial charge in [-0.05, 0) is 19.8 Å². The molecule has 0 radical (unpaired) electrons. The maximum absolute atomic E-state index is 12.5. The molecule has 0 aromatic carbocycles. The van der Waals surface area contributed by atoms with Gasteiger partial charge in [0.15, 0.2) is 0 Å². The lowest BCUT2D eigenvalue weighted by Crippen LogP contribution is -2.63. The van der Waals surface area contributed by atoms with Crippen LogP contribution in [0.4, 0.5) is 0 Å². The van der Waals surface area contributed by atoms with Gasteiger partial charge in [-0.3, -0.25) is 0 Å². The minimum absolute atomic E-state index is 0.0178. The van der Waals surface area contributed by atoms with Crippen LogP contribution in [0.3, 0.4) is 0 Å². The molecule has 2 saturated heterocycles. The first kappa shape index (κ1) is 20.1. The Hall–Kier alpha value is -2.18. The number of carbonyl (C=O) groups excluding carboxylic acids is 1. The maximum atomic E-state index is 12.5. The lowest BCUT2D eigenvalue weighted by atomic mass is 9.52. The molecule has 2 aliphatic heterocycles. The molecule has 2 bridgehead atoms. The standard InChI is InChI=1S/C23H28O6/c1-15-10-11-21(2)16(12-15)28-18-13-17(22(21,3)23(18)14-27-23)29-20(26)9-7-5-4-6-8-19(24)25/h4-9,12,16-18H,10-11,13-14H2,1-3H3,(H,24,25)/b5-4+,8-6+,9-7-/t16?,17-,18?,21+,22-,23?/m1/s1. The number of hydrogen-bond acceptors (Lipinski definition) is 5. The van der Waals surface area contributed by atoms with Crippen molar-refractivity contribution in [3.05, 3.63) is 48.1 Å². The van der Waals surface area contributed by atoms with Crippen LogP contribution in [0.25, 0.3) is 0 Å². The molecule has 1 saturated carbocycles. The van der Waals surface area contributed by atoms with Gasteiger partial charge in [-0.1, -0.05) is 49.8 Å². The van der Waals surface area contributed by atoms with E-state index in [4.69, 9.17) is 19.3 Å². The van der Waals surface area contributed by atoms with E-state index in [1.165, 1.54) is 17.7 Å². The number of rotatable bonds is 5. The number of allylic oxidation sites excluding steroid dienone is 5. The number of aliphatic carboxylic acids is 1. The van der Waals surface area contributed by atoms with E-state index in [1.807, 2.05) is 0 Å². The highest BCUT2D eigenvalue weighted by Gasteiger charge is 2.81. The highest BCUT2D eigenvalue weighted by atomic mass is 16.6. The maximum Gasteiger partial charge on any atom is 0.331 e. The molecule has 6 atom stereocenters. The van der Waals surface area contributed by atoms with Gasteiger partial charge in [0.05, 0.1) is 18.8 Å². The Bertz CT molecular complexity index is 832. The van der Waals surface area contributed by atoms with Gasteiger partial charge >= 0.3 is 11.9 Å². The largest absolute Gasteiger partial charge is 0.478 e. The fraction of sp³-hybridized carbons (Fsp3) is 0.565. The van der Waals surface area contributed by atoms with Gasteiger partial charge < -0.3 is 19.3 Å². The van der Waals surface area contributed by atoms with E-state index in [0.29, 0.717) is 13.0 Å². The van der Waals surface area contributed by atoms with E-state index in [-0.39, 0.29) is 34.7 Å². The molecule has 29 heavy (non-hydrogen) atoms. The summed E-state index contributed by atoms with van der Waals surface area (Å²) in [4.78, 5) is 22.9. The van der Waals surface area contributed by atoms with Crippen LogP contribution < -0.4 is 0 Å². The minimum atomic E-state index is -1.02. The second kappa shape index (κ2) is 6.96. The van der Waals surface area contributed by atoms with Crippen LogP contribution in [0.2, 0.25) is 0 Å². The zero-order chi connectivity index (χ0) is 20.9. The van der Waals surface area contributed by atoms with E-state index in [0.717, 1.165) is 18.9 Å². The molecule has 2 heterocycles. The molecule has 156 valence electrons. The van der Waals surface area contributed by atoms with Gasteiger partial charge in [0.1, 0.15) is 11.7 Å². The topological polar surface area (TPSA) is 85.4 Å². The average molecular weight is 400 g/mol. The molecule has 0 amide bonds. The summed E-state index contributed by atoms with van der Waals surface area (Å²) in [7, 11) is 0. The number of epoxide rings is 1. The van der Waals surface area contributed by atoms with Crippen molar-refractivity contribution < 1.29 is 28.9 Å². The smallest absolute Gasteiger partial charge is 0.331 e. The molecule has 3 fully saturated rings. The highest BCUT2D eigenvalue weighted by Crippen LogP contribution is 2.71. The summed E-state index contributed by atoms with van der Waals surface area (Å²) < 4.78 is 18.4. The fourth-order valence-electron chi connectivity index (χ4n) is 5.60.